The van der Waals surface area contributed by atoms with Crippen LogP contribution in [0.5, 0.6) is 0 Å². The van der Waals surface area contributed by atoms with Crippen LogP contribution in [0, 0.1) is 0 Å². The quantitative estimate of drug-likeness (QED) is 0.724. The van der Waals surface area contributed by atoms with Crippen LogP contribution in [0.2, 0.25) is 0 Å². The molecule has 0 atom stereocenters. The maximum atomic E-state index is 12.1. The lowest BCUT2D eigenvalue weighted by molar-refractivity contribution is 0.0945. The average molecular weight is 333 g/mol. The fourth-order valence-corrected chi connectivity index (χ4v) is 2.27. The van der Waals surface area contributed by atoms with Crippen molar-refractivity contribution in [2.45, 2.75) is 19.9 Å². The number of pyridine rings is 1. The van der Waals surface area contributed by atoms with Gasteiger partial charge in [-0.15, -0.1) is 10.2 Å². The first-order valence-corrected chi connectivity index (χ1v) is 8.11. The first kappa shape index (κ1) is 16.6. The summed E-state index contributed by atoms with van der Waals surface area (Å²) in [5.41, 5.74) is 3.46. The molecule has 3 aromatic rings. The minimum absolute atomic E-state index is 0.261. The lowest BCUT2D eigenvalue weighted by atomic mass is 10.1. The van der Waals surface area contributed by atoms with E-state index in [1.807, 2.05) is 24.3 Å². The summed E-state index contributed by atoms with van der Waals surface area (Å²) in [5.74, 6) is 0.332. The Morgan fingerprint density at radius 2 is 1.68 bits per heavy atom. The molecule has 0 fully saturated rings. The number of nitrogens with zero attached hydrogens (tertiary/aromatic N) is 3. The molecule has 0 aliphatic rings. The maximum Gasteiger partial charge on any atom is 0.272 e. The van der Waals surface area contributed by atoms with E-state index in [0.29, 0.717) is 12.4 Å². The zero-order chi connectivity index (χ0) is 17.5. The van der Waals surface area contributed by atoms with Crippen LogP contribution in [0.25, 0.3) is 0 Å². The largest absolute Gasteiger partial charge is 0.347 e. The Balaban J connectivity index is 1.58. The molecule has 2 aromatic heterocycles. The summed E-state index contributed by atoms with van der Waals surface area (Å²) in [4.78, 5) is 16.1. The molecule has 25 heavy (non-hydrogen) atoms. The first-order valence-electron chi connectivity index (χ1n) is 8.11. The number of amides is 1. The zero-order valence-corrected chi connectivity index (χ0v) is 13.9. The first-order chi connectivity index (χ1) is 12.2. The minimum Gasteiger partial charge on any atom is -0.347 e. The summed E-state index contributed by atoms with van der Waals surface area (Å²) in [6.07, 6.45) is 4.38. The van der Waals surface area contributed by atoms with Gasteiger partial charge in [-0.05, 0) is 53.9 Å². The molecule has 1 amide bonds. The summed E-state index contributed by atoms with van der Waals surface area (Å²) in [6, 6.07) is 15.2. The smallest absolute Gasteiger partial charge is 0.272 e. The van der Waals surface area contributed by atoms with Crippen molar-refractivity contribution < 1.29 is 4.79 Å². The molecule has 1 aromatic carbocycles. The number of hydrogen-bond donors (Lipinski definition) is 2. The van der Waals surface area contributed by atoms with E-state index in [2.05, 4.69) is 44.9 Å². The Morgan fingerprint density at radius 1 is 0.920 bits per heavy atom. The monoisotopic (exact) mass is 333 g/mol. The van der Waals surface area contributed by atoms with Crippen LogP contribution in [-0.2, 0) is 13.0 Å². The Bertz CT molecular complexity index is 817. The molecule has 6 heteroatoms. The van der Waals surface area contributed by atoms with Gasteiger partial charge in [-0.3, -0.25) is 9.78 Å². The number of aromatic nitrogens is 3. The van der Waals surface area contributed by atoms with Gasteiger partial charge in [0, 0.05) is 24.6 Å². The topological polar surface area (TPSA) is 79.8 Å². The van der Waals surface area contributed by atoms with Crippen molar-refractivity contribution in [2.24, 2.45) is 0 Å². The number of anilines is 2. The van der Waals surface area contributed by atoms with Gasteiger partial charge in [0.15, 0.2) is 11.5 Å². The van der Waals surface area contributed by atoms with Crippen molar-refractivity contribution >= 4 is 17.4 Å². The van der Waals surface area contributed by atoms with E-state index in [9.17, 15) is 4.79 Å². The Morgan fingerprint density at radius 3 is 2.32 bits per heavy atom. The van der Waals surface area contributed by atoms with E-state index in [0.717, 1.165) is 17.7 Å². The average Bonchev–Trinajstić information content (AvgIpc) is 2.68. The number of hydrogen-bond acceptors (Lipinski definition) is 5. The second-order valence-electron chi connectivity index (χ2n) is 5.52. The van der Waals surface area contributed by atoms with Gasteiger partial charge < -0.3 is 10.6 Å². The molecule has 0 aliphatic heterocycles. The van der Waals surface area contributed by atoms with Crippen LogP contribution in [0.15, 0.2) is 60.9 Å². The molecule has 0 saturated heterocycles. The molecule has 3 rings (SSSR count). The molecule has 0 bridgehead atoms. The number of aryl methyl sites for hydroxylation is 1. The van der Waals surface area contributed by atoms with Gasteiger partial charge in [-0.2, -0.15) is 0 Å². The number of nitrogens with one attached hydrogen (secondary N) is 2. The molecule has 0 spiro atoms. The highest BCUT2D eigenvalue weighted by Gasteiger charge is 2.08. The molecule has 0 aliphatic carbocycles. The number of benzene rings is 1. The van der Waals surface area contributed by atoms with Gasteiger partial charge in [-0.25, -0.2) is 0 Å². The van der Waals surface area contributed by atoms with Gasteiger partial charge in [0.2, 0.25) is 0 Å². The van der Waals surface area contributed by atoms with Crippen LogP contribution in [-0.4, -0.2) is 21.1 Å². The standard InChI is InChI=1S/C19H19N5O/c1-2-14-3-5-16(6-4-14)22-18-8-7-17(23-24-18)19(25)21-13-15-9-11-20-12-10-15/h3-12H,2,13H2,1H3,(H,21,25)(H,22,24). The zero-order valence-electron chi connectivity index (χ0n) is 13.9. The predicted octanol–water partition coefficient (Wildman–Crippen LogP) is 3.11. The molecular formula is C19H19N5O. The lowest BCUT2D eigenvalue weighted by Gasteiger charge is -2.07. The second-order valence-corrected chi connectivity index (χ2v) is 5.52. The van der Waals surface area contributed by atoms with Crippen molar-refractivity contribution in [2.75, 3.05) is 5.32 Å². The Kier molecular flexibility index (Phi) is 5.31. The highest BCUT2D eigenvalue weighted by atomic mass is 16.1. The van der Waals surface area contributed by atoms with Crippen molar-refractivity contribution in [3.8, 4) is 0 Å². The Labute approximate surface area is 146 Å². The van der Waals surface area contributed by atoms with E-state index in [-0.39, 0.29) is 11.6 Å². The Hall–Kier alpha value is -3.28. The maximum absolute atomic E-state index is 12.1. The molecule has 2 heterocycles. The van der Waals surface area contributed by atoms with Gasteiger partial charge in [-0.1, -0.05) is 19.1 Å². The van der Waals surface area contributed by atoms with Gasteiger partial charge in [0.05, 0.1) is 0 Å². The summed E-state index contributed by atoms with van der Waals surface area (Å²) < 4.78 is 0. The third-order valence-electron chi connectivity index (χ3n) is 3.73. The number of rotatable bonds is 6. The third kappa shape index (κ3) is 4.60. The van der Waals surface area contributed by atoms with Crippen LogP contribution in [0.3, 0.4) is 0 Å². The van der Waals surface area contributed by atoms with Crippen LogP contribution >= 0.6 is 0 Å². The fraction of sp³-hybridized carbons (Fsp3) is 0.158. The summed E-state index contributed by atoms with van der Waals surface area (Å²) in [7, 11) is 0. The highest BCUT2D eigenvalue weighted by Crippen LogP contribution is 2.15. The molecule has 126 valence electrons. The predicted molar refractivity (Wildman–Crippen MR) is 96.5 cm³/mol. The molecule has 0 saturated carbocycles. The van der Waals surface area contributed by atoms with Crippen LogP contribution < -0.4 is 10.6 Å². The fourth-order valence-electron chi connectivity index (χ4n) is 2.27. The highest BCUT2D eigenvalue weighted by molar-refractivity contribution is 5.92. The van der Waals surface area contributed by atoms with Gasteiger partial charge in [0.25, 0.3) is 5.91 Å². The summed E-state index contributed by atoms with van der Waals surface area (Å²) >= 11 is 0. The second kappa shape index (κ2) is 8.01. The van der Waals surface area contributed by atoms with Crippen molar-refractivity contribution in [3.05, 3.63) is 77.7 Å². The van der Waals surface area contributed by atoms with Crippen LogP contribution in [0.1, 0.15) is 28.5 Å². The lowest BCUT2D eigenvalue weighted by Crippen LogP contribution is -2.24. The van der Waals surface area contributed by atoms with Gasteiger partial charge in [0.1, 0.15) is 0 Å². The summed E-state index contributed by atoms with van der Waals surface area (Å²) in [5, 5.41) is 14.0. The number of carbonyl (C=O) groups excluding carboxylic acids is 1. The van der Waals surface area contributed by atoms with Crippen molar-refractivity contribution in [1.82, 2.24) is 20.5 Å². The molecule has 0 unspecified atom stereocenters. The molecular weight excluding hydrogens is 314 g/mol. The molecule has 0 radical (unpaired) electrons. The minimum atomic E-state index is -0.261. The van der Waals surface area contributed by atoms with Crippen molar-refractivity contribution in [1.29, 1.82) is 0 Å². The SMILES string of the molecule is CCc1ccc(Nc2ccc(C(=O)NCc3ccncc3)nn2)cc1. The number of carbonyl (C=O) groups is 1. The van der Waals surface area contributed by atoms with E-state index in [1.165, 1.54) is 5.56 Å². The normalized spacial score (nSPS) is 10.3. The molecule has 6 nitrogen and oxygen atoms in total. The summed E-state index contributed by atoms with van der Waals surface area (Å²) in [6.45, 7) is 2.54. The van der Waals surface area contributed by atoms with E-state index in [1.54, 1.807) is 24.5 Å². The third-order valence-corrected chi connectivity index (χ3v) is 3.73. The van der Waals surface area contributed by atoms with Crippen molar-refractivity contribution in [3.63, 3.8) is 0 Å². The van der Waals surface area contributed by atoms with E-state index < -0.39 is 0 Å². The van der Waals surface area contributed by atoms with E-state index >= 15 is 0 Å². The van der Waals surface area contributed by atoms with E-state index in [4.69, 9.17) is 0 Å². The van der Waals surface area contributed by atoms with Gasteiger partial charge >= 0.3 is 0 Å². The van der Waals surface area contributed by atoms with Crippen LogP contribution in [0.4, 0.5) is 11.5 Å². The molecule has 2 N–H and O–H groups in total.